The van der Waals surface area contributed by atoms with Crippen molar-refractivity contribution in [2.24, 2.45) is 11.7 Å². The van der Waals surface area contributed by atoms with Crippen molar-refractivity contribution in [2.45, 2.75) is 45.2 Å². The van der Waals surface area contributed by atoms with Crippen molar-refractivity contribution in [3.63, 3.8) is 0 Å². The highest BCUT2D eigenvalue weighted by Crippen LogP contribution is 2.39. The molecular formula is C19H25N7O. The van der Waals surface area contributed by atoms with Crippen LogP contribution in [-0.2, 0) is 0 Å². The van der Waals surface area contributed by atoms with Gasteiger partial charge in [-0.25, -0.2) is 9.97 Å². The lowest BCUT2D eigenvalue weighted by Gasteiger charge is -2.20. The number of aromatic nitrogens is 5. The third-order valence-electron chi connectivity index (χ3n) is 4.72. The highest BCUT2D eigenvalue weighted by atomic mass is 16.2. The van der Waals surface area contributed by atoms with Gasteiger partial charge in [0.1, 0.15) is 17.2 Å². The quantitative estimate of drug-likeness (QED) is 0.718. The molecular weight excluding hydrogens is 342 g/mol. The number of nitrogens with two attached hydrogens (primary N) is 1. The summed E-state index contributed by atoms with van der Waals surface area (Å²) in [7, 11) is 0. The zero-order valence-corrected chi connectivity index (χ0v) is 15.9. The first-order valence-corrected chi connectivity index (χ1v) is 9.27. The van der Waals surface area contributed by atoms with Crippen molar-refractivity contribution in [3.8, 4) is 11.4 Å². The SMILES string of the molecule is CC(C)(C)NC(=O)c1cc2nccn2c(-c2cnn(C(CN)C3CC3)c2)n1. The molecule has 1 fully saturated rings. The molecule has 3 N–H and O–H groups in total. The second kappa shape index (κ2) is 6.45. The van der Waals surface area contributed by atoms with E-state index in [-0.39, 0.29) is 17.5 Å². The van der Waals surface area contributed by atoms with Gasteiger partial charge >= 0.3 is 0 Å². The lowest BCUT2D eigenvalue weighted by Crippen LogP contribution is -2.41. The van der Waals surface area contributed by atoms with E-state index in [2.05, 4.69) is 20.4 Å². The fourth-order valence-corrected chi connectivity index (χ4v) is 3.28. The topological polar surface area (TPSA) is 103 Å². The number of carbonyl (C=O) groups excluding carboxylic acids is 1. The van der Waals surface area contributed by atoms with Crippen molar-refractivity contribution in [2.75, 3.05) is 6.54 Å². The first-order chi connectivity index (χ1) is 12.9. The number of amides is 1. The Kier molecular flexibility index (Phi) is 4.22. The third kappa shape index (κ3) is 3.57. The van der Waals surface area contributed by atoms with Crippen LogP contribution < -0.4 is 11.1 Å². The number of carbonyl (C=O) groups is 1. The van der Waals surface area contributed by atoms with Gasteiger partial charge in [-0.15, -0.1) is 0 Å². The maximum Gasteiger partial charge on any atom is 0.270 e. The fourth-order valence-electron chi connectivity index (χ4n) is 3.28. The summed E-state index contributed by atoms with van der Waals surface area (Å²) in [5, 5.41) is 7.46. The van der Waals surface area contributed by atoms with Gasteiger partial charge < -0.3 is 11.1 Å². The monoisotopic (exact) mass is 367 g/mol. The molecule has 0 spiro atoms. The maximum absolute atomic E-state index is 12.6. The van der Waals surface area contributed by atoms with E-state index in [1.807, 2.05) is 42.2 Å². The number of nitrogens with one attached hydrogen (secondary N) is 1. The summed E-state index contributed by atoms with van der Waals surface area (Å²) in [6.45, 7) is 6.38. The Morgan fingerprint density at radius 3 is 2.85 bits per heavy atom. The first-order valence-electron chi connectivity index (χ1n) is 9.27. The number of rotatable bonds is 5. The van der Waals surface area contributed by atoms with Gasteiger partial charge in [0.05, 0.1) is 17.8 Å². The average molecular weight is 367 g/mol. The molecule has 27 heavy (non-hydrogen) atoms. The normalized spacial score (nSPS) is 15.9. The summed E-state index contributed by atoms with van der Waals surface area (Å²) in [5.41, 5.74) is 7.45. The van der Waals surface area contributed by atoms with E-state index in [9.17, 15) is 4.79 Å². The predicted molar refractivity (Wildman–Crippen MR) is 102 cm³/mol. The molecule has 1 aliphatic rings. The van der Waals surface area contributed by atoms with E-state index >= 15 is 0 Å². The second-order valence-electron chi connectivity index (χ2n) is 8.17. The number of hydrogen-bond donors (Lipinski definition) is 2. The van der Waals surface area contributed by atoms with Crippen LogP contribution in [0.5, 0.6) is 0 Å². The zero-order valence-electron chi connectivity index (χ0n) is 15.9. The van der Waals surface area contributed by atoms with Crippen LogP contribution in [0.1, 0.15) is 50.1 Å². The standard InChI is InChI=1S/C19H25N7O/c1-19(2,3)24-18(27)14-8-16-21-6-7-25(16)17(23-14)13-10-22-26(11-13)15(9-20)12-4-5-12/h6-8,10-12,15H,4-5,9,20H2,1-3H3,(H,24,27). The van der Waals surface area contributed by atoms with Crippen molar-refractivity contribution in [3.05, 3.63) is 36.5 Å². The molecule has 0 aromatic carbocycles. The van der Waals surface area contributed by atoms with Gasteiger partial charge in [-0.05, 0) is 39.5 Å². The van der Waals surface area contributed by atoms with E-state index in [0.29, 0.717) is 29.6 Å². The summed E-state index contributed by atoms with van der Waals surface area (Å²) in [5.74, 6) is 1.02. The number of imidazole rings is 1. The van der Waals surface area contributed by atoms with Crippen molar-refractivity contribution in [1.29, 1.82) is 0 Å². The van der Waals surface area contributed by atoms with Crippen LogP contribution in [0.4, 0.5) is 0 Å². The Bertz CT molecular complexity index is 978. The van der Waals surface area contributed by atoms with Gasteiger partial charge in [-0.2, -0.15) is 5.10 Å². The molecule has 1 saturated carbocycles. The number of fused-ring (bicyclic) bond motifs is 1. The molecule has 3 heterocycles. The van der Waals surface area contributed by atoms with E-state index in [1.54, 1.807) is 18.5 Å². The van der Waals surface area contributed by atoms with Crippen LogP contribution in [0.2, 0.25) is 0 Å². The molecule has 0 radical (unpaired) electrons. The van der Waals surface area contributed by atoms with Gasteiger partial charge in [-0.3, -0.25) is 13.9 Å². The molecule has 0 bridgehead atoms. The lowest BCUT2D eigenvalue weighted by atomic mass is 10.1. The Morgan fingerprint density at radius 1 is 1.41 bits per heavy atom. The average Bonchev–Trinajstić information content (AvgIpc) is 3.12. The largest absolute Gasteiger partial charge is 0.346 e. The van der Waals surface area contributed by atoms with Crippen molar-refractivity contribution < 1.29 is 4.79 Å². The molecule has 8 nitrogen and oxygen atoms in total. The van der Waals surface area contributed by atoms with Gasteiger partial charge in [0.15, 0.2) is 0 Å². The van der Waals surface area contributed by atoms with E-state index in [0.717, 1.165) is 5.56 Å². The summed E-state index contributed by atoms with van der Waals surface area (Å²) in [6.07, 6.45) is 9.67. The van der Waals surface area contributed by atoms with E-state index < -0.39 is 0 Å². The molecule has 3 aromatic heterocycles. The Balaban J connectivity index is 1.74. The molecule has 1 amide bonds. The minimum atomic E-state index is -0.343. The minimum Gasteiger partial charge on any atom is -0.346 e. The summed E-state index contributed by atoms with van der Waals surface area (Å²) in [4.78, 5) is 21.6. The van der Waals surface area contributed by atoms with Crippen LogP contribution in [-0.4, -0.2) is 42.1 Å². The highest BCUT2D eigenvalue weighted by molar-refractivity contribution is 5.94. The van der Waals surface area contributed by atoms with Gasteiger partial charge in [-0.1, -0.05) is 0 Å². The maximum atomic E-state index is 12.6. The van der Waals surface area contributed by atoms with Gasteiger partial charge in [0.2, 0.25) is 0 Å². The van der Waals surface area contributed by atoms with E-state index in [4.69, 9.17) is 5.73 Å². The molecule has 4 rings (SSSR count). The Hall–Kier alpha value is -2.74. The molecule has 1 aliphatic carbocycles. The predicted octanol–water partition coefficient (Wildman–Crippen LogP) is 2.03. The number of hydrogen-bond acceptors (Lipinski definition) is 5. The number of nitrogens with zero attached hydrogens (tertiary/aromatic N) is 5. The second-order valence-corrected chi connectivity index (χ2v) is 8.17. The minimum absolute atomic E-state index is 0.212. The fraction of sp³-hybridized carbons (Fsp3) is 0.474. The van der Waals surface area contributed by atoms with Crippen LogP contribution in [0.3, 0.4) is 0 Å². The van der Waals surface area contributed by atoms with Crippen LogP contribution in [0, 0.1) is 5.92 Å². The molecule has 3 aromatic rings. The molecule has 1 unspecified atom stereocenters. The molecule has 0 aliphatic heterocycles. The Morgan fingerprint density at radius 2 is 2.19 bits per heavy atom. The lowest BCUT2D eigenvalue weighted by molar-refractivity contribution is 0.0914. The molecule has 142 valence electrons. The van der Waals surface area contributed by atoms with Gasteiger partial charge in [0.25, 0.3) is 5.91 Å². The van der Waals surface area contributed by atoms with Gasteiger partial charge in [0, 0.05) is 36.7 Å². The van der Waals surface area contributed by atoms with Crippen LogP contribution in [0.25, 0.3) is 17.0 Å². The Labute approximate surface area is 157 Å². The third-order valence-corrected chi connectivity index (χ3v) is 4.72. The first kappa shape index (κ1) is 17.7. The molecule has 8 heteroatoms. The molecule has 0 saturated heterocycles. The smallest absolute Gasteiger partial charge is 0.270 e. The van der Waals surface area contributed by atoms with E-state index in [1.165, 1.54) is 12.8 Å². The van der Waals surface area contributed by atoms with Crippen molar-refractivity contribution in [1.82, 2.24) is 29.5 Å². The summed E-state index contributed by atoms with van der Waals surface area (Å²) >= 11 is 0. The summed E-state index contributed by atoms with van der Waals surface area (Å²) in [6, 6.07) is 1.91. The summed E-state index contributed by atoms with van der Waals surface area (Å²) < 4.78 is 3.79. The highest BCUT2D eigenvalue weighted by Gasteiger charge is 2.32. The molecule has 1 atom stereocenters. The zero-order chi connectivity index (χ0) is 19.2. The van der Waals surface area contributed by atoms with Crippen LogP contribution in [0.15, 0.2) is 30.9 Å². The van der Waals surface area contributed by atoms with Crippen molar-refractivity contribution >= 4 is 11.6 Å². The van der Waals surface area contributed by atoms with Crippen LogP contribution >= 0.6 is 0 Å².